The lowest BCUT2D eigenvalue weighted by molar-refractivity contribution is -0.125. The standard InChI is InChI=1S/C31H39N3O4/c1-32-30(36)28(5-3-17-35)34-20-27-26(31(34)37)4-2-6-29(27)38-21-25-11-7-22(8-12-25)18-23-13-15-33(16-14-23)19-24-9-10-24/h2,4,6-8,11-12,17,23-24,28H,3,5,9-10,13-16,18-21H2,1H3,(H,32,36). The van der Waals surface area contributed by atoms with Crippen molar-refractivity contribution in [3.05, 3.63) is 64.7 Å². The van der Waals surface area contributed by atoms with Gasteiger partial charge < -0.3 is 24.6 Å². The molecule has 1 saturated heterocycles. The number of benzene rings is 2. The maximum Gasteiger partial charge on any atom is 0.255 e. The van der Waals surface area contributed by atoms with Crippen molar-refractivity contribution in [2.75, 3.05) is 26.7 Å². The second kappa shape index (κ2) is 12.1. The van der Waals surface area contributed by atoms with E-state index in [-0.39, 0.29) is 18.2 Å². The molecule has 2 aromatic carbocycles. The van der Waals surface area contributed by atoms with Crippen molar-refractivity contribution >= 4 is 18.1 Å². The highest BCUT2D eigenvalue weighted by molar-refractivity contribution is 6.01. The average molecular weight is 518 g/mol. The molecule has 7 heteroatoms. The average Bonchev–Trinajstić information content (AvgIpc) is 3.70. The Morgan fingerprint density at radius 1 is 1.05 bits per heavy atom. The van der Waals surface area contributed by atoms with Crippen molar-refractivity contribution in [2.24, 2.45) is 11.8 Å². The van der Waals surface area contributed by atoms with Crippen molar-refractivity contribution < 1.29 is 19.1 Å². The Bertz CT molecular complexity index is 1140. The molecule has 2 aliphatic heterocycles. The molecule has 38 heavy (non-hydrogen) atoms. The van der Waals surface area contributed by atoms with E-state index >= 15 is 0 Å². The normalized spacial score (nSPS) is 18.8. The van der Waals surface area contributed by atoms with E-state index in [1.165, 1.54) is 50.9 Å². The highest BCUT2D eigenvalue weighted by Gasteiger charge is 2.37. The van der Waals surface area contributed by atoms with E-state index in [9.17, 15) is 14.4 Å². The first-order chi connectivity index (χ1) is 18.6. The van der Waals surface area contributed by atoms with E-state index in [1.807, 2.05) is 12.1 Å². The smallest absolute Gasteiger partial charge is 0.255 e. The number of fused-ring (bicyclic) bond motifs is 1. The fourth-order valence-corrected chi connectivity index (χ4v) is 5.84. The summed E-state index contributed by atoms with van der Waals surface area (Å²) in [7, 11) is 1.54. The summed E-state index contributed by atoms with van der Waals surface area (Å²) in [6.45, 7) is 4.51. The summed E-state index contributed by atoms with van der Waals surface area (Å²) in [6, 6.07) is 13.5. The molecule has 2 aromatic rings. The van der Waals surface area contributed by atoms with Gasteiger partial charge in [-0.15, -0.1) is 0 Å². The van der Waals surface area contributed by atoms with Crippen molar-refractivity contribution in [2.45, 2.75) is 64.1 Å². The lowest BCUT2D eigenvalue weighted by atomic mass is 9.90. The van der Waals surface area contributed by atoms with Gasteiger partial charge in [-0.1, -0.05) is 30.3 Å². The van der Waals surface area contributed by atoms with Crippen LogP contribution in [0, 0.1) is 11.8 Å². The number of rotatable bonds is 12. The molecule has 2 amide bonds. The Morgan fingerprint density at radius 3 is 2.47 bits per heavy atom. The van der Waals surface area contributed by atoms with E-state index in [1.54, 1.807) is 18.0 Å². The summed E-state index contributed by atoms with van der Waals surface area (Å²) < 4.78 is 6.18. The zero-order valence-electron chi connectivity index (χ0n) is 22.4. The van der Waals surface area contributed by atoms with Crippen LogP contribution in [-0.4, -0.2) is 60.6 Å². The quantitative estimate of drug-likeness (QED) is 0.431. The van der Waals surface area contributed by atoms with E-state index < -0.39 is 6.04 Å². The topological polar surface area (TPSA) is 79.0 Å². The van der Waals surface area contributed by atoms with Gasteiger partial charge in [-0.2, -0.15) is 0 Å². The molecular formula is C31H39N3O4. The highest BCUT2D eigenvalue weighted by atomic mass is 16.5. The molecule has 0 bridgehead atoms. The van der Waals surface area contributed by atoms with Crippen LogP contribution in [0.3, 0.4) is 0 Å². The fraction of sp³-hybridized carbons (Fsp3) is 0.516. The van der Waals surface area contributed by atoms with Gasteiger partial charge in [0.15, 0.2) is 0 Å². The molecule has 0 aromatic heterocycles. The molecular weight excluding hydrogens is 478 g/mol. The predicted molar refractivity (Wildman–Crippen MR) is 146 cm³/mol. The molecule has 1 N–H and O–H groups in total. The van der Waals surface area contributed by atoms with Crippen LogP contribution in [0.5, 0.6) is 5.75 Å². The molecule has 1 atom stereocenters. The third kappa shape index (κ3) is 6.26. The fourth-order valence-electron chi connectivity index (χ4n) is 5.84. The van der Waals surface area contributed by atoms with Crippen LogP contribution >= 0.6 is 0 Å². The van der Waals surface area contributed by atoms with Crippen LogP contribution in [0.4, 0.5) is 0 Å². The monoisotopic (exact) mass is 517 g/mol. The lowest BCUT2D eigenvalue weighted by Gasteiger charge is -2.32. The van der Waals surface area contributed by atoms with E-state index in [0.29, 0.717) is 30.9 Å². The van der Waals surface area contributed by atoms with E-state index in [4.69, 9.17) is 4.74 Å². The molecule has 0 radical (unpaired) electrons. The Hall–Kier alpha value is -3.19. The molecule has 3 aliphatic rings. The molecule has 1 unspecified atom stereocenters. The number of aldehydes is 1. The number of likely N-dealkylation sites (tertiary alicyclic amines) is 1. The summed E-state index contributed by atoms with van der Waals surface area (Å²) in [6.07, 6.45) is 7.88. The predicted octanol–water partition coefficient (Wildman–Crippen LogP) is 3.98. The maximum atomic E-state index is 13.1. The van der Waals surface area contributed by atoms with Gasteiger partial charge >= 0.3 is 0 Å². The van der Waals surface area contributed by atoms with Crippen LogP contribution in [0.2, 0.25) is 0 Å². The van der Waals surface area contributed by atoms with Gasteiger partial charge in [0.05, 0.1) is 6.54 Å². The third-order valence-electron chi connectivity index (χ3n) is 8.30. The van der Waals surface area contributed by atoms with Crippen LogP contribution in [-0.2, 0) is 29.2 Å². The van der Waals surface area contributed by atoms with Crippen LogP contribution in [0.25, 0.3) is 0 Å². The second-order valence-corrected chi connectivity index (χ2v) is 11.1. The first kappa shape index (κ1) is 26.4. The zero-order chi connectivity index (χ0) is 26.5. The maximum absolute atomic E-state index is 13.1. The van der Waals surface area contributed by atoms with Gasteiger partial charge in [-0.25, -0.2) is 0 Å². The molecule has 2 heterocycles. The number of piperidine rings is 1. The molecule has 2 fully saturated rings. The first-order valence-electron chi connectivity index (χ1n) is 14.1. The number of nitrogens with zero attached hydrogens (tertiary/aromatic N) is 2. The highest BCUT2D eigenvalue weighted by Crippen LogP contribution is 2.34. The van der Waals surface area contributed by atoms with E-state index in [2.05, 4.69) is 34.5 Å². The van der Waals surface area contributed by atoms with Gasteiger partial charge in [0.2, 0.25) is 5.91 Å². The number of carbonyl (C=O) groups excluding carboxylic acids is 3. The molecule has 0 spiro atoms. The van der Waals surface area contributed by atoms with Crippen LogP contribution < -0.4 is 10.1 Å². The number of likely N-dealkylation sites (N-methyl/N-ethyl adjacent to an activating group) is 1. The van der Waals surface area contributed by atoms with Gasteiger partial charge in [0, 0.05) is 31.1 Å². The van der Waals surface area contributed by atoms with Crippen LogP contribution in [0.1, 0.15) is 65.6 Å². The van der Waals surface area contributed by atoms with Crippen molar-refractivity contribution in [3.8, 4) is 5.75 Å². The molecule has 5 rings (SSSR count). The Kier molecular flexibility index (Phi) is 8.42. The molecule has 7 nitrogen and oxygen atoms in total. The van der Waals surface area contributed by atoms with Gasteiger partial charge in [0.1, 0.15) is 24.7 Å². The number of ether oxygens (including phenoxy) is 1. The minimum Gasteiger partial charge on any atom is -0.489 e. The number of carbonyl (C=O) groups is 3. The van der Waals surface area contributed by atoms with Gasteiger partial charge in [0.25, 0.3) is 5.91 Å². The minimum atomic E-state index is -0.684. The lowest BCUT2D eigenvalue weighted by Crippen LogP contribution is -2.46. The summed E-state index contributed by atoms with van der Waals surface area (Å²) >= 11 is 0. The molecule has 1 aliphatic carbocycles. The number of nitrogens with one attached hydrogen (secondary N) is 1. The summed E-state index contributed by atoms with van der Waals surface area (Å²) in [4.78, 5) is 40.7. The SMILES string of the molecule is CNC(=O)C(CCC=O)N1Cc2c(OCc3ccc(CC4CCN(CC5CC5)CC4)cc3)cccc2C1=O. The van der Waals surface area contributed by atoms with Crippen molar-refractivity contribution in [1.82, 2.24) is 15.1 Å². The molecule has 1 saturated carbocycles. The number of amides is 2. The summed E-state index contributed by atoms with van der Waals surface area (Å²) in [5.74, 6) is 1.94. The molecule has 202 valence electrons. The summed E-state index contributed by atoms with van der Waals surface area (Å²) in [5.41, 5.74) is 3.82. The second-order valence-electron chi connectivity index (χ2n) is 11.1. The van der Waals surface area contributed by atoms with Gasteiger partial charge in [-0.3, -0.25) is 9.59 Å². The Morgan fingerprint density at radius 2 is 1.79 bits per heavy atom. The number of hydrogen-bond donors (Lipinski definition) is 1. The third-order valence-corrected chi connectivity index (χ3v) is 8.30. The zero-order valence-corrected chi connectivity index (χ0v) is 22.4. The number of hydrogen-bond acceptors (Lipinski definition) is 5. The van der Waals surface area contributed by atoms with E-state index in [0.717, 1.165) is 35.7 Å². The largest absolute Gasteiger partial charge is 0.489 e. The van der Waals surface area contributed by atoms with Crippen molar-refractivity contribution in [1.29, 1.82) is 0 Å². The Labute approximate surface area is 225 Å². The minimum absolute atomic E-state index is 0.201. The summed E-state index contributed by atoms with van der Waals surface area (Å²) in [5, 5.41) is 2.62. The Balaban J connectivity index is 1.16. The van der Waals surface area contributed by atoms with Crippen LogP contribution in [0.15, 0.2) is 42.5 Å². The van der Waals surface area contributed by atoms with Crippen molar-refractivity contribution in [3.63, 3.8) is 0 Å². The first-order valence-corrected chi connectivity index (χ1v) is 14.1. The van der Waals surface area contributed by atoms with Gasteiger partial charge in [-0.05, 0) is 86.7 Å².